The Labute approximate surface area is 120 Å². The van der Waals surface area contributed by atoms with Gasteiger partial charge in [-0.3, -0.25) is 4.68 Å². The summed E-state index contributed by atoms with van der Waals surface area (Å²) in [5.74, 6) is 0.565. The molecule has 1 aromatic carbocycles. The average Bonchev–Trinajstić information content (AvgIpc) is 2.94. The molecule has 0 bridgehead atoms. The van der Waals surface area contributed by atoms with E-state index in [1.165, 1.54) is 0 Å². The first-order chi connectivity index (χ1) is 9.54. The Bertz CT molecular complexity index is 754. The van der Waals surface area contributed by atoms with Crippen LogP contribution in [0.25, 0.3) is 17.1 Å². The molecule has 2 aromatic heterocycles. The fraction of sp³-hybridized carbons (Fsp3) is 0.167. The number of anilines is 1. The zero-order valence-electron chi connectivity index (χ0n) is 10.9. The Morgan fingerprint density at radius 3 is 2.70 bits per heavy atom. The summed E-state index contributed by atoms with van der Waals surface area (Å²) in [5.41, 5.74) is 8.76. The maximum absolute atomic E-state index is 6.03. The third kappa shape index (κ3) is 2.12. The molecule has 0 fully saturated rings. The molecule has 0 spiro atoms. The summed E-state index contributed by atoms with van der Waals surface area (Å²) < 4.78 is 3.33. The fourth-order valence-corrected chi connectivity index (χ4v) is 2.31. The number of aromatic nitrogens is 6. The lowest BCUT2D eigenvalue weighted by molar-refractivity contribution is 0.755. The molecule has 3 rings (SSSR count). The highest BCUT2D eigenvalue weighted by Gasteiger charge is 2.15. The number of rotatable bonds is 2. The van der Waals surface area contributed by atoms with Crippen LogP contribution in [0.1, 0.15) is 5.69 Å². The standard InChI is InChI=1S/C12H12ClN7/c1-7-11(6-19(2)16-7)20-12(15-17-18-20)8-3-9(13)5-10(14)4-8/h3-6H,14H2,1-2H3. The zero-order valence-corrected chi connectivity index (χ0v) is 11.7. The van der Waals surface area contributed by atoms with Crippen molar-refractivity contribution in [1.82, 2.24) is 30.0 Å². The van der Waals surface area contributed by atoms with Gasteiger partial charge in [0.15, 0.2) is 5.82 Å². The predicted octanol–water partition coefficient (Wildman–Crippen LogP) is 1.61. The van der Waals surface area contributed by atoms with Crippen LogP contribution in [0.3, 0.4) is 0 Å². The van der Waals surface area contributed by atoms with Gasteiger partial charge in [0.2, 0.25) is 0 Å². The number of tetrazole rings is 1. The largest absolute Gasteiger partial charge is 0.399 e. The summed E-state index contributed by atoms with van der Waals surface area (Å²) in [4.78, 5) is 0. The topological polar surface area (TPSA) is 87.4 Å². The van der Waals surface area contributed by atoms with Crippen LogP contribution in [0.15, 0.2) is 24.4 Å². The molecule has 0 radical (unpaired) electrons. The van der Waals surface area contributed by atoms with Gasteiger partial charge >= 0.3 is 0 Å². The second-order valence-corrected chi connectivity index (χ2v) is 4.90. The second-order valence-electron chi connectivity index (χ2n) is 4.46. The first kappa shape index (κ1) is 12.6. The SMILES string of the molecule is Cc1nn(C)cc1-n1nnnc1-c1cc(N)cc(Cl)c1. The van der Waals surface area contributed by atoms with E-state index < -0.39 is 0 Å². The first-order valence-corrected chi connectivity index (χ1v) is 6.28. The summed E-state index contributed by atoms with van der Waals surface area (Å²) in [6.45, 7) is 1.90. The Morgan fingerprint density at radius 2 is 2.05 bits per heavy atom. The van der Waals surface area contributed by atoms with Crippen LogP contribution < -0.4 is 5.73 Å². The average molecular weight is 290 g/mol. The maximum atomic E-state index is 6.03. The van der Waals surface area contributed by atoms with E-state index in [1.807, 2.05) is 20.2 Å². The molecule has 2 N–H and O–H groups in total. The van der Waals surface area contributed by atoms with Crippen LogP contribution >= 0.6 is 11.6 Å². The molecule has 0 aliphatic carbocycles. The van der Waals surface area contributed by atoms with Crippen LogP contribution in [-0.4, -0.2) is 30.0 Å². The highest BCUT2D eigenvalue weighted by molar-refractivity contribution is 6.31. The van der Waals surface area contributed by atoms with Gasteiger partial charge in [0.25, 0.3) is 0 Å². The van der Waals surface area contributed by atoms with Crippen molar-refractivity contribution >= 4 is 17.3 Å². The molecule has 0 saturated heterocycles. The number of benzene rings is 1. The minimum Gasteiger partial charge on any atom is -0.399 e. The van der Waals surface area contributed by atoms with Crippen molar-refractivity contribution in [1.29, 1.82) is 0 Å². The Balaban J connectivity index is 2.17. The first-order valence-electron chi connectivity index (χ1n) is 5.90. The van der Waals surface area contributed by atoms with Crippen LogP contribution in [0.2, 0.25) is 5.02 Å². The van der Waals surface area contributed by atoms with Crippen molar-refractivity contribution in [3.8, 4) is 17.1 Å². The molecule has 20 heavy (non-hydrogen) atoms. The quantitative estimate of drug-likeness (QED) is 0.724. The van der Waals surface area contributed by atoms with E-state index in [4.69, 9.17) is 17.3 Å². The van der Waals surface area contributed by atoms with Crippen LogP contribution in [0.4, 0.5) is 5.69 Å². The third-order valence-electron chi connectivity index (χ3n) is 2.86. The summed E-state index contributed by atoms with van der Waals surface area (Å²) >= 11 is 6.03. The Morgan fingerprint density at radius 1 is 1.25 bits per heavy atom. The predicted molar refractivity (Wildman–Crippen MR) is 75.5 cm³/mol. The van der Waals surface area contributed by atoms with Gasteiger partial charge in [-0.2, -0.15) is 9.78 Å². The van der Waals surface area contributed by atoms with Gasteiger partial charge in [-0.25, -0.2) is 0 Å². The van der Waals surface area contributed by atoms with E-state index in [-0.39, 0.29) is 0 Å². The van der Waals surface area contributed by atoms with Crippen molar-refractivity contribution in [2.24, 2.45) is 7.05 Å². The Hall–Kier alpha value is -2.41. The van der Waals surface area contributed by atoms with Gasteiger partial charge in [-0.1, -0.05) is 11.6 Å². The Kier molecular flexibility index (Phi) is 2.90. The van der Waals surface area contributed by atoms with Crippen molar-refractivity contribution < 1.29 is 0 Å². The molecule has 0 unspecified atom stereocenters. The number of hydrogen-bond donors (Lipinski definition) is 1. The molecule has 102 valence electrons. The van der Waals surface area contributed by atoms with E-state index in [0.717, 1.165) is 16.9 Å². The van der Waals surface area contributed by atoms with Gasteiger partial charge in [0, 0.05) is 23.3 Å². The smallest absolute Gasteiger partial charge is 0.187 e. The fourth-order valence-electron chi connectivity index (χ4n) is 2.07. The summed E-state index contributed by atoms with van der Waals surface area (Å²) in [5, 5.41) is 16.6. The van der Waals surface area contributed by atoms with Crippen LogP contribution in [0.5, 0.6) is 0 Å². The summed E-state index contributed by atoms with van der Waals surface area (Å²) in [6.07, 6.45) is 1.85. The van der Waals surface area contributed by atoms with E-state index in [0.29, 0.717) is 16.5 Å². The number of nitrogens with zero attached hydrogens (tertiary/aromatic N) is 6. The third-order valence-corrected chi connectivity index (χ3v) is 3.08. The molecule has 0 atom stereocenters. The van der Waals surface area contributed by atoms with E-state index >= 15 is 0 Å². The van der Waals surface area contributed by atoms with Gasteiger partial charge in [0.1, 0.15) is 5.69 Å². The van der Waals surface area contributed by atoms with Gasteiger partial charge in [0.05, 0.1) is 11.9 Å². The number of nitrogens with two attached hydrogens (primary N) is 1. The number of halogens is 1. The van der Waals surface area contributed by atoms with Crippen molar-refractivity contribution in [3.63, 3.8) is 0 Å². The zero-order chi connectivity index (χ0) is 14.3. The minimum absolute atomic E-state index is 0.539. The monoisotopic (exact) mass is 289 g/mol. The molecule has 0 saturated carbocycles. The van der Waals surface area contributed by atoms with Gasteiger partial charge in [-0.15, -0.1) is 5.10 Å². The molecule has 0 aliphatic rings. The van der Waals surface area contributed by atoms with Crippen LogP contribution in [-0.2, 0) is 7.05 Å². The minimum atomic E-state index is 0.539. The lowest BCUT2D eigenvalue weighted by Crippen LogP contribution is -2.01. The van der Waals surface area contributed by atoms with E-state index in [1.54, 1.807) is 27.6 Å². The molecule has 7 nitrogen and oxygen atoms in total. The second kappa shape index (κ2) is 4.61. The summed E-state index contributed by atoms with van der Waals surface area (Å²) in [6, 6.07) is 5.22. The van der Waals surface area contributed by atoms with Gasteiger partial charge in [-0.05, 0) is 35.5 Å². The number of nitrogen functional groups attached to an aromatic ring is 1. The normalized spacial score (nSPS) is 10.9. The van der Waals surface area contributed by atoms with Crippen molar-refractivity contribution in [3.05, 3.63) is 35.1 Å². The molecule has 0 amide bonds. The van der Waals surface area contributed by atoms with Crippen molar-refractivity contribution in [2.75, 3.05) is 5.73 Å². The van der Waals surface area contributed by atoms with Crippen molar-refractivity contribution in [2.45, 2.75) is 6.92 Å². The van der Waals surface area contributed by atoms with Gasteiger partial charge < -0.3 is 5.73 Å². The number of aryl methyl sites for hydroxylation is 2. The highest BCUT2D eigenvalue weighted by atomic mass is 35.5. The molecule has 3 aromatic rings. The molecular weight excluding hydrogens is 278 g/mol. The van der Waals surface area contributed by atoms with Crippen LogP contribution in [0, 0.1) is 6.92 Å². The molecule has 8 heteroatoms. The lowest BCUT2D eigenvalue weighted by Gasteiger charge is -2.04. The molecular formula is C12H12ClN7. The number of hydrogen-bond acceptors (Lipinski definition) is 5. The van der Waals surface area contributed by atoms with E-state index in [9.17, 15) is 0 Å². The lowest BCUT2D eigenvalue weighted by atomic mass is 10.2. The molecule has 0 aliphatic heterocycles. The van der Waals surface area contributed by atoms with E-state index in [2.05, 4.69) is 20.6 Å². The summed E-state index contributed by atoms with van der Waals surface area (Å²) in [7, 11) is 1.85. The highest BCUT2D eigenvalue weighted by Crippen LogP contribution is 2.26. The molecule has 2 heterocycles. The maximum Gasteiger partial charge on any atom is 0.187 e.